The van der Waals surface area contributed by atoms with Crippen LogP contribution in [0.1, 0.15) is 19.0 Å². The summed E-state index contributed by atoms with van der Waals surface area (Å²) in [7, 11) is 1.77. The average molecular weight is 207 g/mol. The number of hydrogen-bond donors (Lipinski definition) is 1. The summed E-state index contributed by atoms with van der Waals surface area (Å²) in [4.78, 5) is 17.4. The minimum Gasteiger partial charge on any atom is -0.328 e. The summed E-state index contributed by atoms with van der Waals surface area (Å²) < 4.78 is 0. The monoisotopic (exact) mass is 207 g/mol. The van der Waals surface area contributed by atoms with Gasteiger partial charge in [0, 0.05) is 19.3 Å². The molecule has 1 heterocycles. The van der Waals surface area contributed by atoms with Gasteiger partial charge in [-0.25, -0.2) is 9.78 Å². The van der Waals surface area contributed by atoms with E-state index < -0.39 is 0 Å². The van der Waals surface area contributed by atoms with Crippen LogP contribution in [0, 0.1) is 6.92 Å². The van der Waals surface area contributed by atoms with Gasteiger partial charge in [0.2, 0.25) is 0 Å². The van der Waals surface area contributed by atoms with Crippen LogP contribution in [-0.2, 0) is 0 Å². The molecule has 0 unspecified atom stereocenters. The molecule has 1 aromatic rings. The summed E-state index contributed by atoms with van der Waals surface area (Å²) in [6, 6.07) is 5.43. The van der Waals surface area contributed by atoms with Gasteiger partial charge in [-0.3, -0.25) is 5.32 Å². The van der Waals surface area contributed by atoms with Gasteiger partial charge in [-0.1, -0.05) is 13.0 Å². The Morgan fingerprint density at radius 1 is 1.53 bits per heavy atom. The minimum atomic E-state index is -0.116. The molecule has 0 spiro atoms. The third kappa shape index (κ3) is 3.58. The summed E-state index contributed by atoms with van der Waals surface area (Å²) in [6.07, 6.45) is 0.950. The zero-order valence-electron chi connectivity index (χ0n) is 9.45. The van der Waals surface area contributed by atoms with E-state index in [1.54, 1.807) is 18.0 Å². The minimum absolute atomic E-state index is 0.116. The molecule has 0 aliphatic carbocycles. The van der Waals surface area contributed by atoms with E-state index in [2.05, 4.69) is 10.3 Å². The average Bonchev–Trinajstić information content (AvgIpc) is 2.18. The van der Waals surface area contributed by atoms with Gasteiger partial charge in [-0.15, -0.1) is 0 Å². The van der Waals surface area contributed by atoms with Crippen LogP contribution in [0.4, 0.5) is 10.6 Å². The van der Waals surface area contributed by atoms with Crippen molar-refractivity contribution in [2.75, 3.05) is 18.9 Å². The summed E-state index contributed by atoms with van der Waals surface area (Å²) in [5.41, 5.74) is 0.894. The molecule has 0 saturated heterocycles. The molecule has 2 amide bonds. The normalized spacial score (nSPS) is 9.80. The van der Waals surface area contributed by atoms with Crippen LogP contribution < -0.4 is 5.32 Å². The maximum atomic E-state index is 11.6. The second kappa shape index (κ2) is 5.34. The van der Waals surface area contributed by atoms with Crippen molar-refractivity contribution in [2.24, 2.45) is 0 Å². The number of carbonyl (C=O) groups is 1. The van der Waals surface area contributed by atoms with E-state index in [1.807, 2.05) is 26.0 Å². The SMILES string of the molecule is CCCN(C)C(=O)Nc1cccc(C)n1. The van der Waals surface area contributed by atoms with Gasteiger partial charge < -0.3 is 4.90 Å². The Bertz CT molecular complexity index is 338. The molecule has 0 atom stereocenters. The van der Waals surface area contributed by atoms with E-state index in [1.165, 1.54) is 0 Å². The van der Waals surface area contributed by atoms with Gasteiger partial charge in [-0.05, 0) is 25.5 Å². The lowest BCUT2D eigenvalue weighted by Gasteiger charge is -2.16. The highest BCUT2D eigenvalue weighted by molar-refractivity contribution is 5.88. The van der Waals surface area contributed by atoms with Crippen molar-refractivity contribution >= 4 is 11.8 Å². The summed E-state index contributed by atoms with van der Waals surface area (Å²) >= 11 is 0. The highest BCUT2D eigenvalue weighted by Gasteiger charge is 2.07. The molecule has 0 bridgehead atoms. The van der Waals surface area contributed by atoms with Crippen molar-refractivity contribution in [3.8, 4) is 0 Å². The number of nitrogens with zero attached hydrogens (tertiary/aromatic N) is 2. The van der Waals surface area contributed by atoms with Crippen LogP contribution in [0.25, 0.3) is 0 Å². The highest BCUT2D eigenvalue weighted by atomic mass is 16.2. The first kappa shape index (κ1) is 11.5. The predicted octanol–water partition coefficient (Wildman–Crippen LogP) is 2.26. The molecule has 0 aliphatic heterocycles. The smallest absolute Gasteiger partial charge is 0.322 e. The fourth-order valence-corrected chi connectivity index (χ4v) is 1.25. The lowest BCUT2D eigenvalue weighted by molar-refractivity contribution is 0.222. The molecule has 15 heavy (non-hydrogen) atoms. The van der Waals surface area contributed by atoms with Crippen LogP contribution in [-0.4, -0.2) is 29.5 Å². The Kier molecular flexibility index (Phi) is 4.09. The van der Waals surface area contributed by atoms with Crippen molar-refractivity contribution in [3.05, 3.63) is 23.9 Å². The molecule has 0 aliphatic rings. The Morgan fingerprint density at radius 2 is 2.27 bits per heavy atom. The lowest BCUT2D eigenvalue weighted by atomic mass is 10.4. The summed E-state index contributed by atoms with van der Waals surface area (Å²) in [5, 5.41) is 2.74. The lowest BCUT2D eigenvalue weighted by Crippen LogP contribution is -2.32. The van der Waals surface area contributed by atoms with E-state index in [4.69, 9.17) is 0 Å². The van der Waals surface area contributed by atoms with E-state index in [-0.39, 0.29) is 6.03 Å². The first-order valence-electron chi connectivity index (χ1n) is 5.09. The van der Waals surface area contributed by atoms with E-state index in [9.17, 15) is 4.79 Å². The molecule has 0 radical (unpaired) electrons. The predicted molar refractivity (Wildman–Crippen MR) is 60.9 cm³/mol. The summed E-state index contributed by atoms with van der Waals surface area (Å²) in [5.74, 6) is 0.600. The van der Waals surface area contributed by atoms with Gasteiger partial charge in [0.25, 0.3) is 0 Å². The van der Waals surface area contributed by atoms with E-state index >= 15 is 0 Å². The molecule has 4 nitrogen and oxygen atoms in total. The number of aryl methyl sites for hydroxylation is 1. The number of pyridine rings is 1. The zero-order chi connectivity index (χ0) is 11.3. The number of aromatic nitrogens is 1. The molecular formula is C11H17N3O. The molecule has 0 fully saturated rings. The maximum absolute atomic E-state index is 11.6. The number of rotatable bonds is 3. The first-order valence-corrected chi connectivity index (χ1v) is 5.09. The van der Waals surface area contributed by atoms with Gasteiger partial charge in [0.1, 0.15) is 5.82 Å². The topological polar surface area (TPSA) is 45.2 Å². The van der Waals surface area contributed by atoms with E-state index in [0.29, 0.717) is 5.82 Å². The molecule has 0 saturated carbocycles. The van der Waals surface area contributed by atoms with Crippen LogP contribution in [0.15, 0.2) is 18.2 Å². The number of urea groups is 1. The fourth-order valence-electron chi connectivity index (χ4n) is 1.25. The van der Waals surface area contributed by atoms with Gasteiger partial charge in [0.05, 0.1) is 0 Å². The number of hydrogen-bond acceptors (Lipinski definition) is 2. The fraction of sp³-hybridized carbons (Fsp3) is 0.455. The van der Waals surface area contributed by atoms with Gasteiger partial charge in [0.15, 0.2) is 0 Å². The van der Waals surface area contributed by atoms with Gasteiger partial charge in [-0.2, -0.15) is 0 Å². The number of anilines is 1. The number of carbonyl (C=O) groups excluding carboxylic acids is 1. The van der Waals surface area contributed by atoms with E-state index in [0.717, 1.165) is 18.7 Å². The quantitative estimate of drug-likeness (QED) is 0.826. The molecule has 82 valence electrons. The van der Waals surface area contributed by atoms with Crippen molar-refractivity contribution in [1.29, 1.82) is 0 Å². The molecule has 1 N–H and O–H groups in total. The second-order valence-electron chi connectivity index (χ2n) is 3.52. The van der Waals surface area contributed by atoms with Gasteiger partial charge >= 0.3 is 6.03 Å². The Balaban J connectivity index is 2.58. The highest BCUT2D eigenvalue weighted by Crippen LogP contribution is 2.04. The van der Waals surface area contributed by atoms with Crippen molar-refractivity contribution in [3.63, 3.8) is 0 Å². The van der Waals surface area contributed by atoms with Crippen LogP contribution >= 0.6 is 0 Å². The molecule has 4 heteroatoms. The number of nitrogens with one attached hydrogen (secondary N) is 1. The van der Waals surface area contributed by atoms with Crippen molar-refractivity contribution < 1.29 is 4.79 Å². The number of amides is 2. The molecule has 1 rings (SSSR count). The van der Waals surface area contributed by atoms with Crippen LogP contribution in [0.2, 0.25) is 0 Å². The Morgan fingerprint density at radius 3 is 2.87 bits per heavy atom. The van der Waals surface area contributed by atoms with Crippen molar-refractivity contribution in [2.45, 2.75) is 20.3 Å². The third-order valence-electron chi connectivity index (χ3n) is 2.03. The Labute approximate surface area is 90.3 Å². The molecular weight excluding hydrogens is 190 g/mol. The zero-order valence-corrected chi connectivity index (χ0v) is 9.45. The van der Waals surface area contributed by atoms with Crippen LogP contribution in [0.5, 0.6) is 0 Å². The Hall–Kier alpha value is -1.58. The maximum Gasteiger partial charge on any atom is 0.322 e. The van der Waals surface area contributed by atoms with Crippen LogP contribution in [0.3, 0.4) is 0 Å². The summed E-state index contributed by atoms with van der Waals surface area (Å²) in [6.45, 7) is 4.68. The largest absolute Gasteiger partial charge is 0.328 e. The molecule has 1 aromatic heterocycles. The standard InChI is InChI=1S/C11H17N3O/c1-4-8-14(3)11(15)13-10-7-5-6-9(2)12-10/h5-7H,4,8H2,1-3H3,(H,12,13,15). The second-order valence-corrected chi connectivity index (χ2v) is 3.52. The molecule has 0 aromatic carbocycles. The first-order chi connectivity index (χ1) is 7.13. The van der Waals surface area contributed by atoms with Crippen molar-refractivity contribution in [1.82, 2.24) is 9.88 Å². The third-order valence-corrected chi connectivity index (χ3v) is 2.03.